The van der Waals surface area contributed by atoms with Crippen molar-refractivity contribution in [3.63, 3.8) is 0 Å². The Labute approximate surface area is 129 Å². The molecule has 2 heteroatoms. The normalized spacial score (nSPS) is 14.8. The summed E-state index contributed by atoms with van der Waals surface area (Å²) in [7, 11) is 4.27. The van der Waals surface area contributed by atoms with Gasteiger partial charge < -0.3 is 10.2 Å². The third kappa shape index (κ3) is 4.29. The van der Waals surface area contributed by atoms with Crippen molar-refractivity contribution in [2.45, 2.75) is 32.9 Å². The first-order chi connectivity index (χ1) is 9.97. The van der Waals surface area contributed by atoms with Gasteiger partial charge in [-0.25, -0.2) is 0 Å². The van der Waals surface area contributed by atoms with Crippen molar-refractivity contribution >= 4 is 10.8 Å². The lowest BCUT2D eigenvalue weighted by Crippen LogP contribution is -2.43. The highest BCUT2D eigenvalue weighted by Gasteiger charge is 2.17. The maximum atomic E-state index is 3.79. The fraction of sp³-hybridized carbons (Fsp3) is 0.474. The van der Waals surface area contributed by atoms with E-state index in [2.05, 4.69) is 87.5 Å². The molecule has 2 unspecified atom stereocenters. The van der Waals surface area contributed by atoms with Gasteiger partial charge in [0.25, 0.3) is 0 Å². The van der Waals surface area contributed by atoms with Gasteiger partial charge in [-0.15, -0.1) is 0 Å². The Hall–Kier alpha value is -1.38. The third-order valence-corrected chi connectivity index (χ3v) is 4.10. The van der Waals surface area contributed by atoms with Crippen molar-refractivity contribution in [1.29, 1.82) is 0 Å². The number of nitrogens with zero attached hydrogens (tertiary/aromatic N) is 1. The largest absolute Gasteiger partial charge is 0.308 e. The summed E-state index contributed by atoms with van der Waals surface area (Å²) < 4.78 is 0. The molecule has 1 N–H and O–H groups in total. The predicted molar refractivity (Wildman–Crippen MR) is 92.7 cm³/mol. The minimum absolute atomic E-state index is 0.363. The molecule has 2 nitrogen and oxygen atoms in total. The minimum Gasteiger partial charge on any atom is -0.308 e. The Balaban J connectivity index is 2.14. The molecule has 2 aromatic rings. The molecule has 0 aliphatic heterocycles. The molecule has 2 rings (SSSR count). The van der Waals surface area contributed by atoms with Crippen LogP contribution in [0.25, 0.3) is 10.8 Å². The zero-order valence-corrected chi connectivity index (χ0v) is 13.9. The first-order valence-corrected chi connectivity index (χ1v) is 7.87. The Morgan fingerprint density at radius 3 is 2.24 bits per heavy atom. The highest BCUT2D eigenvalue weighted by Crippen LogP contribution is 2.21. The molecule has 0 bridgehead atoms. The molecule has 0 amide bonds. The van der Waals surface area contributed by atoms with E-state index in [9.17, 15) is 0 Å². The summed E-state index contributed by atoms with van der Waals surface area (Å²) in [5, 5.41) is 6.41. The number of rotatable bonds is 6. The summed E-state index contributed by atoms with van der Waals surface area (Å²) in [5.41, 5.74) is 1.36. The Kier molecular flexibility index (Phi) is 5.38. The van der Waals surface area contributed by atoms with Crippen LogP contribution < -0.4 is 5.32 Å². The highest BCUT2D eigenvalue weighted by molar-refractivity contribution is 5.83. The second-order valence-corrected chi connectivity index (χ2v) is 6.61. The van der Waals surface area contributed by atoms with Crippen molar-refractivity contribution in [1.82, 2.24) is 10.2 Å². The van der Waals surface area contributed by atoms with Crippen molar-refractivity contribution in [3.8, 4) is 0 Å². The highest BCUT2D eigenvalue weighted by atomic mass is 15.1. The van der Waals surface area contributed by atoms with Gasteiger partial charge in [0.05, 0.1) is 0 Å². The van der Waals surface area contributed by atoms with Gasteiger partial charge in [-0.1, -0.05) is 50.2 Å². The average Bonchev–Trinajstić information content (AvgIpc) is 2.45. The zero-order chi connectivity index (χ0) is 15.4. The van der Waals surface area contributed by atoms with E-state index in [0.29, 0.717) is 18.0 Å². The molecule has 0 aromatic heterocycles. The maximum absolute atomic E-state index is 3.79. The average molecular weight is 284 g/mol. The van der Waals surface area contributed by atoms with Gasteiger partial charge in [-0.2, -0.15) is 0 Å². The van der Waals surface area contributed by atoms with Gasteiger partial charge >= 0.3 is 0 Å². The SMILES string of the molecule is CC(NC(CN(C)C)C(C)C)c1ccc2ccccc2c1. The van der Waals surface area contributed by atoms with Gasteiger partial charge in [-0.3, -0.25) is 0 Å². The van der Waals surface area contributed by atoms with E-state index < -0.39 is 0 Å². The molecule has 0 spiro atoms. The number of hydrogen-bond donors (Lipinski definition) is 1. The second kappa shape index (κ2) is 7.06. The summed E-state index contributed by atoms with van der Waals surface area (Å²) in [4.78, 5) is 2.25. The fourth-order valence-electron chi connectivity index (χ4n) is 2.74. The second-order valence-electron chi connectivity index (χ2n) is 6.61. The van der Waals surface area contributed by atoms with Crippen molar-refractivity contribution in [2.24, 2.45) is 5.92 Å². The van der Waals surface area contributed by atoms with E-state index in [1.54, 1.807) is 0 Å². The van der Waals surface area contributed by atoms with Crippen LogP contribution in [0.5, 0.6) is 0 Å². The Morgan fingerprint density at radius 2 is 1.62 bits per heavy atom. The molecule has 0 saturated heterocycles. The number of likely N-dealkylation sites (N-methyl/N-ethyl adjacent to an activating group) is 1. The predicted octanol–water partition coefficient (Wildman–Crippen LogP) is 4.08. The van der Waals surface area contributed by atoms with Crippen LogP contribution in [0.4, 0.5) is 0 Å². The molecular weight excluding hydrogens is 256 g/mol. The lowest BCUT2D eigenvalue weighted by atomic mass is 9.99. The summed E-state index contributed by atoms with van der Waals surface area (Å²) in [6.45, 7) is 7.90. The van der Waals surface area contributed by atoms with Crippen molar-refractivity contribution < 1.29 is 0 Å². The molecule has 114 valence electrons. The van der Waals surface area contributed by atoms with E-state index in [4.69, 9.17) is 0 Å². The van der Waals surface area contributed by atoms with Crippen LogP contribution in [0.3, 0.4) is 0 Å². The van der Waals surface area contributed by atoms with Gasteiger partial charge in [0.1, 0.15) is 0 Å². The summed E-state index contributed by atoms with van der Waals surface area (Å²) >= 11 is 0. The van der Waals surface area contributed by atoms with E-state index in [1.807, 2.05) is 0 Å². The standard InChI is InChI=1S/C19H28N2/c1-14(2)19(13-21(4)5)20-15(3)17-11-10-16-8-6-7-9-18(16)12-17/h6-12,14-15,19-20H,13H2,1-5H3. The number of hydrogen-bond acceptors (Lipinski definition) is 2. The van der Waals surface area contributed by atoms with E-state index in [1.165, 1.54) is 16.3 Å². The van der Waals surface area contributed by atoms with Crippen LogP contribution in [0.15, 0.2) is 42.5 Å². The fourth-order valence-corrected chi connectivity index (χ4v) is 2.74. The third-order valence-electron chi connectivity index (χ3n) is 4.10. The first-order valence-electron chi connectivity index (χ1n) is 7.87. The van der Waals surface area contributed by atoms with Crippen molar-refractivity contribution in [3.05, 3.63) is 48.0 Å². The van der Waals surface area contributed by atoms with Gasteiger partial charge in [0, 0.05) is 18.6 Å². The Bertz CT molecular complexity index is 575. The molecular formula is C19H28N2. The lowest BCUT2D eigenvalue weighted by molar-refractivity contribution is 0.273. The van der Waals surface area contributed by atoms with Crippen LogP contribution in [0.1, 0.15) is 32.4 Å². The molecule has 2 aromatic carbocycles. The molecule has 0 radical (unpaired) electrons. The number of nitrogens with one attached hydrogen (secondary N) is 1. The van der Waals surface area contributed by atoms with Crippen LogP contribution in [0.2, 0.25) is 0 Å². The summed E-state index contributed by atoms with van der Waals surface area (Å²) in [5.74, 6) is 0.621. The molecule has 0 fully saturated rings. The summed E-state index contributed by atoms with van der Waals surface area (Å²) in [6.07, 6.45) is 0. The Morgan fingerprint density at radius 1 is 0.952 bits per heavy atom. The van der Waals surface area contributed by atoms with Crippen LogP contribution >= 0.6 is 0 Å². The molecule has 0 saturated carbocycles. The first kappa shape index (κ1) is 16.0. The van der Waals surface area contributed by atoms with Gasteiger partial charge in [0.15, 0.2) is 0 Å². The monoisotopic (exact) mass is 284 g/mol. The summed E-state index contributed by atoms with van der Waals surface area (Å²) in [6, 6.07) is 16.2. The van der Waals surface area contributed by atoms with Gasteiger partial charge in [0.2, 0.25) is 0 Å². The minimum atomic E-state index is 0.363. The number of fused-ring (bicyclic) bond motifs is 1. The topological polar surface area (TPSA) is 15.3 Å². The van der Waals surface area contributed by atoms with E-state index in [0.717, 1.165) is 6.54 Å². The zero-order valence-electron chi connectivity index (χ0n) is 13.9. The smallest absolute Gasteiger partial charge is 0.0295 e. The van der Waals surface area contributed by atoms with Crippen LogP contribution in [-0.2, 0) is 0 Å². The van der Waals surface area contributed by atoms with Crippen LogP contribution in [-0.4, -0.2) is 31.6 Å². The maximum Gasteiger partial charge on any atom is 0.0295 e. The van der Waals surface area contributed by atoms with Gasteiger partial charge in [-0.05, 0) is 49.3 Å². The molecule has 21 heavy (non-hydrogen) atoms. The number of benzene rings is 2. The molecule has 2 atom stereocenters. The quantitative estimate of drug-likeness (QED) is 0.860. The van der Waals surface area contributed by atoms with Crippen molar-refractivity contribution in [2.75, 3.05) is 20.6 Å². The molecule has 0 aliphatic carbocycles. The van der Waals surface area contributed by atoms with E-state index in [-0.39, 0.29) is 0 Å². The van der Waals surface area contributed by atoms with E-state index >= 15 is 0 Å². The van der Waals surface area contributed by atoms with Crippen LogP contribution in [0, 0.1) is 5.92 Å². The lowest BCUT2D eigenvalue weighted by Gasteiger charge is -2.29. The molecule has 0 aliphatic rings. The molecule has 0 heterocycles.